The van der Waals surface area contributed by atoms with E-state index < -0.39 is 0 Å². The lowest BCUT2D eigenvalue weighted by atomic mass is 10.1. The van der Waals surface area contributed by atoms with E-state index in [9.17, 15) is 4.79 Å². The summed E-state index contributed by atoms with van der Waals surface area (Å²) in [6, 6.07) is 14.7. The minimum Gasteiger partial charge on any atom is -0.341 e. The van der Waals surface area contributed by atoms with Crippen LogP contribution >= 0.6 is 0 Å². The number of amides is 1. The fraction of sp³-hybridized carbons (Fsp3) is 0.389. The van der Waals surface area contributed by atoms with Crippen LogP contribution in [-0.2, 0) is 11.3 Å². The quantitative estimate of drug-likeness (QED) is 0.935. The van der Waals surface area contributed by atoms with Crippen LogP contribution in [0.3, 0.4) is 0 Å². The number of nitrogens with zero attached hydrogens (tertiary/aromatic N) is 1. The molecule has 1 amide bonds. The first-order valence-corrected chi connectivity index (χ1v) is 7.74. The van der Waals surface area contributed by atoms with Crippen molar-refractivity contribution >= 4 is 16.7 Å². The summed E-state index contributed by atoms with van der Waals surface area (Å²) in [7, 11) is 0. The van der Waals surface area contributed by atoms with Crippen LogP contribution in [0.15, 0.2) is 42.5 Å². The Morgan fingerprint density at radius 2 is 1.86 bits per heavy atom. The molecule has 0 spiro atoms. The van der Waals surface area contributed by atoms with E-state index in [0.717, 1.165) is 32.5 Å². The van der Waals surface area contributed by atoms with Crippen LogP contribution in [0.1, 0.15) is 25.3 Å². The fourth-order valence-electron chi connectivity index (χ4n) is 2.92. The van der Waals surface area contributed by atoms with Crippen LogP contribution in [-0.4, -0.2) is 29.9 Å². The van der Waals surface area contributed by atoms with Gasteiger partial charge in [0.05, 0.1) is 6.04 Å². The zero-order chi connectivity index (χ0) is 14.7. The summed E-state index contributed by atoms with van der Waals surface area (Å²) in [4.78, 5) is 14.2. The number of carbonyl (C=O) groups is 1. The van der Waals surface area contributed by atoms with Gasteiger partial charge in [-0.15, -0.1) is 0 Å². The lowest BCUT2D eigenvalue weighted by Gasteiger charge is -2.21. The molecule has 1 fully saturated rings. The Hall–Kier alpha value is -1.87. The second-order valence-electron chi connectivity index (χ2n) is 5.82. The predicted octanol–water partition coefficient (Wildman–Crippen LogP) is 2.94. The standard InChI is InChI=1S/C18H22N2O/c1-14(18(21)20-10-4-5-11-20)19-13-15-8-9-16-6-2-3-7-17(16)12-15/h2-3,6-9,12,14,19H,4-5,10-11,13H2,1H3. The van der Waals surface area contributed by atoms with Gasteiger partial charge in [0.1, 0.15) is 0 Å². The number of hydrogen-bond donors (Lipinski definition) is 1. The molecule has 1 aliphatic heterocycles. The van der Waals surface area contributed by atoms with E-state index in [1.807, 2.05) is 11.8 Å². The summed E-state index contributed by atoms with van der Waals surface area (Å²) >= 11 is 0. The predicted molar refractivity (Wildman–Crippen MR) is 86.1 cm³/mol. The van der Waals surface area contributed by atoms with E-state index in [4.69, 9.17) is 0 Å². The molecule has 1 aliphatic rings. The van der Waals surface area contributed by atoms with Crippen molar-refractivity contribution in [3.8, 4) is 0 Å². The summed E-state index contributed by atoms with van der Waals surface area (Å²) in [5.41, 5.74) is 1.22. The minimum absolute atomic E-state index is 0.116. The number of fused-ring (bicyclic) bond motifs is 1. The summed E-state index contributed by atoms with van der Waals surface area (Å²) < 4.78 is 0. The van der Waals surface area contributed by atoms with Crippen molar-refractivity contribution < 1.29 is 4.79 Å². The summed E-state index contributed by atoms with van der Waals surface area (Å²) in [5.74, 6) is 0.230. The minimum atomic E-state index is -0.116. The number of nitrogens with one attached hydrogen (secondary N) is 1. The van der Waals surface area contributed by atoms with Crippen molar-refractivity contribution in [2.75, 3.05) is 13.1 Å². The molecule has 2 aromatic rings. The Balaban J connectivity index is 1.61. The zero-order valence-electron chi connectivity index (χ0n) is 12.5. The third-order valence-electron chi connectivity index (χ3n) is 4.21. The Morgan fingerprint density at radius 3 is 2.62 bits per heavy atom. The second kappa shape index (κ2) is 6.27. The molecule has 110 valence electrons. The zero-order valence-corrected chi connectivity index (χ0v) is 12.5. The topological polar surface area (TPSA) is 32.3 Å². The van der Waals surface area contributed by atoms with Gasteiger partial charge < -0.3 is 10.2 Å². The molecule has 0 radical (unpaired) electrons. The van der Waals surface area contributed by atoms with E-state index in [0.29, 0.717) is 0 Å². The number of carbonyl (C=O) groups excluding carboxylic acids is 1. The molecule has 3 rings (SSSR count). The number of hydrogen-bond acceptors (Lipinski definition) is 2. The molecule has 1 N–H and O–H groups in total. The number of benzene rings is 2. The van der Waals surface area contributed by atoms with Gasteiger partial charge in [-0.25, -0.2) is 0 Å². The van der Waals surface area contributed by atoms with Crippen molar-refractivity contribution in [2.24, 2.45) is 0 Å². The molecule has 2 aromatic carbocycles. The van der Waals surface area contributed by atoms with E-state index in [2.05, 4.69) is 47.8 Å². The molecule has 0 saturated carbocycles. The Kier molecular flexibility index (Phi) is 4.20. The highest BCUT2D eigenvalue weighted by molar-refractivity contribution is 5.83. The molecular formula is C18H22N2O. The van der Waals surface area contributed by atoms with Gasteiger partial charge >= 0.3 is 0 Å². The van der Waals surface area contributed by atoms with E-state index in [1.165, 1.54) is 16.3 Å². The molecular weight excluding hydrogens is 260 g/mol. The van der Waals surface area contributed by atoms with Gasteiger partial charge in [-0.05, 0) is 42.2 Å². The number of rotatable bonds is 4. The molecule has 1 heterocycles. The van der Waals surface area contributed by atoms with Crippen LogP contribution < -0.4 is 5.32 Å². The molecule has 1 unspecified atom stereocenters. The highest BCUT2D eigenvalue weighted by Crippen LogP contribution is 2.16. The first-order chi connectivity index (χ1) is 10.2. The molecule has 1 saturated heterocycles. The van der Waals surface area contributed by atoms with Crippen molar-refractivity contribution in [3.05, 3.63) is 48.0 Å². The van der Waals surface area contributed by atoms with Crippen LogP contribution in [0.4, 0.5) is 0 Å². The van der Waals surface area contributed by atoms with Crippen LogP contribution in [0.25, 0.3) is 10.8 Å². The maximum atomic E-state index is 12.2. The monoisotopic (exact) mass is 282 g/mol. The summed E-state index contributed by atoms with van der Waals surface area (Å²) in [6.45, 7) is 4.52. The average molecular weight is 282 g/mol. The Morgan fingerprint density at radius 1 is 1.14 bits per heavy atom. The largest absolute Gasteiger partial charge is 0.341 e. The van der Waals surface area contributed by atoms with Crippen LogP contribution in [0.2, 0.25) is 0 Å². The van der Waals surface area contributed by atoms with Crippen LogP contribution in [0.5, 0.6) is 0 Å². The van der Waals surface area contributed by atoms with Crippen molar-refractivity contribution in [3.63, 3.8) is 0 Å². The Labute approximate surface area is 125 Å². The molecule has 0 bridgehead atoms. The van der Waals surface area contributed by atoms with Gasteiger partial charge in [-0.3, -0.25) is 4.79 Å². The smallest absolute Gasteiger partial charge is 0.239 e. The van der Waals surface area contributed by atoms with Gasteiger partial charge in [0.25, 0.3) is 0 Å². The molecule has 0 aliphatic carbocycles. The normalized spacial score (nSPS) is 16.3. The van der Waals surface area contributed by atoms with Gasteiger partial charge in [-0.2, -0.15) is 0 Å². The van der Waals surface area contributed by atoms with E-state index in [1.54, 1.807) is 0 Å². The van der Waals surface area contributed by atoms with Gasteiger partial charge in [0, 0.05) is 19.6 Å². The van der Waals surface area contributed by atoms with Gasteiger partial charge in [-0.1, -0.05) is 36.4 Å². The SMILES string of the molecule is CC(NCc1ccc2ccccc2c1)C(=O)N1CCCC1. The summed E-state index contributed by atoms with van der Waals surface area (Å²) in [5, 5.41) is 5.85. The van der Waals surface area contributed by atoms with Gasteiger partial charge in [0.2, 0.25) is 5.91 Å². The maximum Gasteiger partial charge on any atom is 0.239 e. The third kappa shape index (κ3) is 3.24. The van der Waals surface area contributed by atoms with E-state index >= 15 is 0 Å². The molecule has 0 aromatic heterocycles. The molecule has 21 heavy (non-hydrogen) atoms. The van der Waals surface area contributed by atoms with Crippen molar-refractivity contribution in [2.45, 2.75) is 32.4 Å². The maximum absolute atomic E-state index is 12.2. The number of likely N-dealkylation sites (tertiary alicyclic amines) is 1. The molecule has 3 nitrogen and oxygen atoms in total. The molecule has 3 heteroatoms. The Bertz CT molecular complexity index is 632. The van der Waals surface area contributed by atoms with Gasteiger partial charge in [0.15, 0.2) is 0 Å². The van der Waals surface area contributed by atoms with E-state index in [-0.39, 0.29) is 11.9 Å². The van der Waals surface area contributed by atoms with Crippen molar-refractivity contribution in [1.29, 1.82) is 0 Å². The first kappa shape index (κ1) is 14.1. The third-order valence-corrected chi connectivity index (χ3v) is 4.21. The lowest BCUT2D eigenvalue weighted by Crippen LogP contribution is -2.43. The highest BCUT2D eigenvalue weighted by atomic mass is 16.2. The molecule has 1 atom stereocenters. The van der Waals surface area contributed by atoms with Crippen molar-refractivity contribution in [1.82, 2.24) is 10.2 Å². The highest BCUT2D eigenvalue weighted by Gasteiger charge is 2.22. The average Bonchev–Trinajstić information content (AvgIpc) is 3.06. The first-order valence-electron chi connectivity index (χ1n) is 7.74. The second-order valence-corrected chi connectivity index (χ2v) is 5.82. The van der Waals surface area contributed by atoms with Crippen LogP contribution in [0, 0.1) is 0 Å². The lowest BCUT2D eigenvalue weighted by molar-refractivity contribution is -0.131. The summed E-state index contributed by atoms with van der Waals surface area (Å²) in [6.07, 6.45) is 2.28. The fourth-order valence-corrected chi connectivity index (χ4v) is 2.92.